The molecule has 1 aliphatic rings. The smallest absolute Gasteiger partial charge is 0.250 e. The molecule has 0 bridgehead atoms. The number of benzene rings is 2. The third-order valence-corrected chi connectivity index (χ3v) is 4.15. The summed E-state index contributed by atoms with van der Waals surface area (Å²) in [6, 6.07) is 11.1. The summed E-state index contributed by atoms with van der Waals surface area (Å²) in [5, 5.41) is 2.90. The summed E-state index contributed by atoms with van der Waals surface area (Å²) < 4.78 is 21.6. The molecule has 2 aromatic carbocycles. The molecular weight excluding hydrogens is 334 g/mol. The molecule has 0 aliphatic carbocycles. The lowest BCUT2D eigenvalue weighted by Crippen LogP contribution is -2.28. The number of para-hydroxylation sites is 1. The van der Waals surface area contributed by atoms with Gasteiger partial charge in [0, 0.05) is 23.7 Å². The summed E-state index contributed by atoms with van der Waals surface area (Å²) in [5.41, 5.74) is 2.26. The number of ether oxygens (including phenoxy) is 4. The van der Waals surface area contributed by atoms with E-state index in [-0.39, 0.29) is 12.5 Å². The Morgan fingerprint density at radius 2 is 1.73 bits per heavy atom. The first kappa shape index (κ1) is 17.7. The molecule has 1 amide bonds. The number of hydrogen-bond donors (Lipinski definition) is 1. The van der Waals surface area contributed by atoms with Crippen LogP contribution in [0.5, 0.6) is 23.0 Å². The van der Waals surface area contributed by atoms with Crippen LogP contribution in [0.4, 0.5) is 0 Å². The van der Waals surface area contributed by atoms with Crippen LogP contribution in [0.1, 0.15) is 11.1 Å². The number of hydrogen-bond acceptors (Lipinski definition) is 5. The first-order valence-corrected chi connectivity index (χ1v) is 8.15. The second-order valence-electron chi connectivity index (χ2n) is 5.70. The lowest BCUT2D eigenvalue weighted by molar-refractivity contribution is -0.117. The summed E-state index contributed by atoms with van der Waals surface area (Å²) in [5.74, 6) is 2.36. The van der Waals surface area contributed by atoms with Crippen molar-refractivity contribution in [2.45, 2.75) is 6.54 Å². The molecule has 0 saturated heterocycles. The molecule has 0 unspecified atom stereocenters. The van der Waals surface area contributed by atoms with E-state index in [9.17, 15) is 4.79 Å². The zero-order valence-corrected chi connectivity index (χ0v) is 15.0. The molecule has 1 N–H and O–H groups in total. The van der Waals surface area contributed by atoms with Gasteiger partial charge in [0.25, 0.3) is 5.91 Å². The van der Waals surface area contributed by atoms with Crippen molar-refractivity contribution in [1.29, 1.82) is 0 Å². The van der Waals surface area contributed by atoms with Crippen LogP contribution in [-0.2, 0) is 11.3 Å². The number of methoxy groups -OCH3 is 3. The minimum Gasteiger partial charge on any atom is -0.496 e. The Bertz CT molecular complexity index is 844. The molecule has 2 aromatic rings. The zero-order valence-electron chi connectivity index (χ0n) is 15.0. The molecule has 1 heterocycles. The predicted molar refractivity (Wildman–Crippen MR) is 97.9 cm³/mol. The molecule has 0 spiro atoms. The van der Waals surface area contributed by atoms with Gasteiger partial charge in [-0.1, -0.05) is 18.2 Å². The van der Waals surface area contributed by atoms with E-state index in [1.54, 1.807) is 33.5 Å². The van der Waals surface area contributed by atoms with Gasteiger partial charge in [-0.25, -0.2) is 0 Å². The van der Waals surface area contributed by atoms with E-state index < -0.39 is 0 Å². The van der Waals surface area contributed by atoms with Gasteiger partial charge < -0.3 is 24.3 Å². The quantitative estimate of drug-likeness (QED) is 0.863. The molecular formula is C20H21NO5. The van der Waals surface area contributed by atoms with Crippen molar-refractivity contribution in [2.75, 3.05) is 27.9 Å². The maximum atomic E-state index is 12.5. The van der Waals surface area contributed by atoms with Gasteiger partial charge in [-0.15, -0.1) is 0 Å². The molecule has 3 rings (SSSR count). The molecule has 136 valence electrons. The first-order valence-electron chi connectivity index (χ1n) is 8.15. The van der Waals surface area contributed by atoms with Crippen molar-refractivity contribution in [3.8, 4) is 23.0 Å². The highest BCUT2D eigenvalue weighted by Crippen LogP contribution is 2.34. The van der Waals surface area contributed by atoms with Crippen LogP contribution in [0.25, 0.3) is 6.08 Å². The Balaban J connectivity index is 1.75. The van der Waals surface area contributed by atoms with Gasteiger partial charge >= 0.3 is 0 Å². The van der Waals surface area contributed by atoms with E-state index in [0.29, 0.717) is 29.4 Å². The highest BCUT2D eigenvalue weighted by Gasteiger charge is 2.18. The summed E-state index contributed by atoms with van der Waals surface area (Å²) in [7, 11) is 4.70. The lowest BCUT2D eigenvalue weighted by Gasteiger charge is -2.18. The number of amides is 1. The van der Waals surface area contributed by atoms with Crippen molar-refractivity contribution in [3.05, 3.63) is 53.1 Å². The highest BCUT2D eigenvalue weighted by molar-refractivity contribution is 5.99. The fourth-order valence-corrected chi connectivity index (χ4v) is 2.77. The van der Waals surface area contributed by atoms with E-state index in [0.717, 1.165) is 16.9 Å². The Hall–Kier alpha value is -3.15. The fraction of sp³-hybridized carbons (Fsp3) is 0.250. The van der Waals surface area contributed by atoms with Crippen molar-refractivity contribution < 1.29 is 23.7 Å². The van der Waals surface area contributed by atoms with Crippen LogP contribution in [0.2, 0.25) is 0 Å². The largest absolute Gasteiger partial charge is 0.496 e. The average Bonchev–Trinajstić information content (AvgIpc) is 2.70. The van der Waals surface area contributed by atoms with E-state index in [1.165, 1.54) is 0 Å². The Morgan fingerprint density at radius 1 is 1.04 bits per heavy atom. The van der Waals surface area contributed by atoms with Gasteiger partial charge in [0.05, 0.1) is 26.9 Å². The van der Waals surface area contributed by atoms with Gasteiger partial charge in [-0.2, -0.15) is 0 Å². The van der Waals surface area contributed by atoms with E-state index in [2.05, 4.69) is 5.32 Å². The lowest BCUT2D eigenvalue weighted by atomic mass is 10.1. The average molecular weight is 355 g/mol. The van der Waals surface area contributed by atoms with Gasteiger partial charge in [-0.3, -0.25) is 4.79 Å². The minimum atomic E-state index is -0.184. The molecule has 0 radical (unpaired) electrons. The number of rotatable bonds is 6. The molecule has 0 aromatic heterocycles. The number of fused-ring (bicyclic) bond motifs is 1. The van der Waals surface area contributed by atoms with Crippen LogP contribution in [0.15, 0.2) is 42.0 Å². The van der Waals surface area contributed by atoms with Gasteiger partial charge in [0.1, 0.15) is 18.1 Å². The summed E-state index contributed by atoms with van der Waals surface area (Å²) in [6.45, 7) is 0.535. The maximum Gasteiger partial charge on any atom is 0.250 e. The topological polar surface area (TPSA) is 66.0 Å². The van der Waals surface area contributed by atoms with Crippen LogP contribution >= 0.6 is 0 Å². The normalized spacial score (nSPS) is 12.3. The fourth-order valence-electron chi connectivity index (χ4n) is 2.77. The van der Waals surface area contributed by atoms with Crippen molar-refractivity contribution in [2.24, 2.45) is 0 Å². The molecule has 0 fully saturated rings. The number of carbonyl (C=O) groups is 1. The van der Waals surface area contributed by atoms with Gasteiger partial charge in [0.2, 0.25) is 0 Å². The van der Waals surface area contributed by atoms with Crippen LogP contribution < -0.4 is 24.3 Å². The summed E-state index contributed by atoms with van der Waals surface area (Å²) in [4.78, 5) is 12.5. The van der Waals surface area contributed by atoms with Gasteiger partial charge in [-0.05, 0) is 18.2 Å². The monoisotopic (exact) mass is 355 g/mol. The summed E-state index contributed by atoms with van der Waals surface area (Å²) >= 11 is 0. The Morgan fingerprint density at radius 3 is 2.46 bits per heavy atom. The third-order valence-electron chi connectivity index (χ3n) is 4.15. The molecule has 6 heteroatoms. The highest BCUT2D eigenvalue weighted by atomic mass is 16.5. The predicted octanol–water partition coefficient (Wildman–Crippen LogP) is 2.80. The Labute approximate surface area is 152 Å². The van der Waals surface area contributed by atoms with E-state index in [4.69, 9.17) is 18.9 Å². The minimum absolute atomic E-state index is 0.184. The van der Waals surface area contributed by atoms with E-state index >= 15 is 0 Å². The Kier molecular flexibility index (Phi) is 5.31. The number of carbonyl (C=O) groups excluding carboxylic acids is 1. The molecule has 0 saturated carbocycles. The maximum absolute atomic E-state index is 12.5. The van der Waals surface area contributed by atoms with Crippen molar-refractivity contribution in [3.63, 3.8) is 0 Å². The van der Waals surface area contributed by atoms with E-state index in [1.807, 2.05) is 30.3 Å². The SMILES string of the molecule is COc1cc(OC)c(OC)cc1CNC(=O)C1=Cc2ccccc2OC1. The molecule has 1 aliphatic heterocycles. The van der Waals surface area contributed by atoms with Crippen LogP contribution in [0, 0.1) is 0 Å². The zero-order chi connectivity index (χ0) is 18.5. The van der Waals surface area contributed by atoms with Crippen molar-refractivity contribution in [1.82, 2.24) is 5.32 Å². The third kappa shape index (κ3) is 3.59. The second kappa shape index (κ2) is 7.82. The molecule has 26 heavy (non-hydrogen) atoms. The second-order valence-corrected chi connectivity index (χ2v) is 5.70. The van der Waals surface area contributed by atoms with Crippen LogP contribution in [-0.4, -0.2) is 33.8 Å². The standard InChI is InChI=1S/C20H21NO5/c1-23-17-10-19(25-3)18(24-2)9-14(17)11-21-20(22)15-8-13-6-4-5-7-16(13)26-12-15/h4-10H,11-12H2,1-3H3,(H,21,22). The van der Waals surface area contributed by atoms with Crippen LogP contribution in [0.3, 0.4) is 0 Å². The summed E-state index contributed by atoms with van der Waals surface area (Å²) in [6.07, 6.45) is 1.85. The van der Waals surface area contributed by atoms with Crippen molar-refractivity contribution >= 4 is 12.0 Å². The molecule has 6 nitrogen and oxygen atoms in total. The van der Waals surface area contributed by atoms with Gasteiger partial charge in [0.15, 0.2) is 11.5 Å². The first-order chi connectivity index (χ1) is 12.7. The molecule has 0 atom stereocenters. The number of nitrogens with one attached hydrogen (secondary N) is 1.